The lowest BCUT2D eigenvalue weighted by molar-refractivity contribution is -0.118. The summed E-state index contributed by atoms with van der Waals surface area (Å²) in [6.45, 7) is 4.95. The van der Waals surface area contributed by atoms with Crippen LogP contribution < -0.4 is 5.32 Å². The van der Waals surface area contributed by atoms with E-state index in [1.54, 1.807) is 6.20 Å². The predicted molar refractivity (Wildman–Crippen MR) is 101 cm³/mol. The van der Waals surface area contributed by atoms with E-state index in [9.17, 15) is 4.79 Å². The van der Waals surface area contributed by atoms with Crippen molar-refractivity contribution in [3.05, 3.63) is 36.7 Å². The lowest BCUT2D eigenvalue weighted by Crippen LogP contribution is -2.41. The summed E-state index contributed by atoms with van der Waals surface area (Å²) in [6, 6.07) is 7.89. The van der Waals surface area contributed by atoms with E-state index >= 15 is 0 Å². The number of nitrogens with zero attached hydrogens (tertiary/aromatic N) is 4. The van der Waals surface area contributed by atoms with Gasteiger partial charge in [0.2, 0.25) is 5.91 Å². The number of ether oxygens (including phenoxy) is 1. The van der Waals surface area contributed by atoms with Crippen molar-refractivity contribution < 1.29 is 9.53 Å². The first-order valence-electron chi connectivity index (χ1n) is 8.73. The van der Waals surface area contributed by atoms with Crippen molar-refractivity contribution >= 4 is 34.3 Å². The molecular weight excluding hydrogens is 350 g/mol. The minimum atomic E-state index is 0.0240. The number of pyridine rings is 1. The van der Waals surface area contributed by atoms with Crippen LogP contribution in [0.1, 0.15) is 0 Å². The average Bonchev–Trinajstić information content (AvgIpc) is 3.17. The Morgan fingerprint density at radius 2 is 2.08 bits per heavy atom. The molecule has 0 bridgehead atoms. The Balaban J connectivity index is 1.36. The van der Waals surface area contributed by atoms with Crippen LogP contribution in [0.4, 0.5) is 0 Å². The molecule has 0 aromatic carbocycles. The van der Waals surface area contributed by atoms with E-state index in [1.165, 1.54) is 11.8 Å². The van der Waals surface area contributed by atoms with Gasteiger partial charge in [-0.1, -0.05) is 11.8 Å². The number of hydrogen-bond acceptors (Lipinski definition) is 6. The molecule has 1 amide bonds. The van der Waals surface area contributed by atoms with E-state index in [2.05, 4.69) is 24.6 Å². The molecule has 0 spiro atoms. The number of nitrogens with one attached hydrogen (secondary N) is 1. The third-order valence-corrected chi connectivity index (χ3v) is 5.38. The number of carbonyl (C=O) groups excluding carboxylic acids is 1. The Morgan fingerprint density at radius 1 is 1.23 bits per heavy atom. The van der Waals surface area contributed by atoms with Gasteiger partial charge in [-0.3, -0.25) is 9.69 Å². The third kappa shape index (κ3) is 3.82. The second-order valence-electron chi connectivity index (χ2n) is 6.12. The van der Waals surface area contributed by atoms with Crippen molar-refractivity contribution in [2.75, 3.05) is 45.1 Å². The molecule has 0 aliphatic carbocycles. The van der Waals surface area contributed by atoms with Crippen LogP contribution in [-0.2, 0) is 9.53 Å². The van der Waals surface area contributed by atoms with Crippen molar-refractivity contribution in [3.63, 3.8) is 0 Å². The molecule has 4 rings (SSSR count). The predicted octanol–water partition coefficient (Wildman–Crippen LogP) is 1.42. The van der Waals surface area contributed by atoms with Crippen LogP contribution in [0.2, 0.25) is 0 Å². The highest BCUT2D eigenvalue weighted by atomic mass is 32.2. The Hall–Kier alpha value is -2.16. The Morgan fingerprint density at radius 3 is 2.96 bits per heavy atom. The normalized spacial score (nSPS) is 15.5. The van der Waals surface area contributed by atoms with Crippen LogP contribution in [0.5, 0.6) is 0 Å². The first-order valence-corrected chi connectivity index (χ1v) is 9.71. The summed E-state index contributed by atoms with van der Waals surface area (Å²) in [5, 5.41) is 3.81. The molecule has 1 N–H and O–H groups in total. The van der Waals surface area contributed by atoms with Crippen molar-refractivity contribution in [2.24, 2.45) is 0 Å². The number of morpholine rings is 1. The van der Waals surface area contributed by atoms with E-state index in [0.29, 0.717) is 17.9 Å². The molecule has 0 radical (unpaired) electrons. The van der Waals surface area contributed by atoms with Crippen molar-refractivity contribution in [3.8, 4) is 0 Å². The van der Waals surface area contributed by atoms with E-state index in [-0.39, 0.29) is 5.91 Å². The number of fused-ring (bicyclic) bond motifs is 3. The van der Waals surface area contributed by atoms with Gasteiger partial charge in [0.1, 0.15) is 5.03 Å². The molecule has 1 aliphatic heterocycles. The molecule has 8 heteroatoms. The number of rotatable bonds is 6. The van der Waals surface area contributed by atoms with Crippen LogP contribution in [-0.4, -0.2) is 70.3 Å². The highest BCUT2D eigenvalue weighted by Crippen LogP contribution is 2.25. The van der Waals surface area contributed by atoms with E-state index in [0.717, 1.165) is 48.9 Å². The van der Waals surface area contributed by atoms with Gasteiger partial charge in [0, 0.05) is 38.6 Å². The molecule has 1 fully saturated rings. The smallest absolute Gasteiger partial charge is 0.230 e. The standard InChI is InChI=1S/C18H21N5O2S/c24-16(19-6-8-22-9-11-25-12-10-22)13-26-18-15-4-2-7-23(15)14-3-1-5-20-17(14)21-18/h1-5,7H,6,8-13H2,(H,19,24). The summed E-state index contributed by atoms with van der Waals surface area (Å²) in [4.78, 5) is 23.4. The fraction of sp³-hybridized carbons (Fsp3) is 0.389. The maximum absolute atomic E-state index is 12.2. The van der Waals surface area contributed by atoms with E-state index in [1.807, 2.05) is 30.5 Å². The summed E-state index contributed by atoms with van der Waals surface area (Å²) in [6.07, 6.45) is 3.73. The van der Waals surface area contributed by atoms with E-state index < -0.39 is 0 Å². The lowest BCUT2D eigenvalue weighted by atomic mass is 10.4. The van der Waals surface area contributed by atoms with Gasteiger partial charge in [0.25, 0.3) is 0 Å². The fourth-order valence-corrected chi connectivity index (χ4v) is 3.89. The van der Waals surface area contributed by atoms with Crippen LogP contribution >= 0.6 is 11.8 Å². The molecule has 26 heavy (non-hydrogen) atoms. The van der Waals surface area contributed by atoms with Gasteiger partial charge in [-0.2, -0.15) is 0 Å². The Labute approximate surface area is 155 Å². The first kappa shape index (κ1) is 17.3. The van der Waals surface area contributed by atoms with Gasteiger partial charge in [-0.05, 0) is 24.3 Å². The van der Waals surface area contributed by atoms with Crippen LogP contribution in [0.15, 0.2) is 41.7 Å². The molecular formula is C18H21N5O2S. The maximum Gasteiger partial charge on any atom is 0.230 e. The monoisotopic (exact) mass is 371 g/mol. The summed E-state index contributed by atoms with van der Waals surface area (Å²) in [5.41, 5.74) is 2.65. The van der Waals surface area contributed by atoms with Crippen LogP contribution in [0.25, 0.3) is 16.7 Å². The number of aromatic nitrogens is 3. The van der Waals surface area contributed by atoms with Gasteiger partial charge >= 0.3 is 0 Å². The van der Waals surface area contributed by atoms with Crippen molar-refractivity contribution in [2.45, 2.75) is 5.03 Å². The Kier molecular flexibility index (Phi) is 5.33. The molecule has 0 unspecified atom stereocenters. The number of amides is 1. The van der Waals surface area contributed by atoms with Gasteiger partial charge in [0.15, 0.2) is 5.65 Å². The SMILES string of the molecule is O=C(CSc1nc2ncccc2n2cccc12)NCCN1CCOCC1. The maximum atomic E-state index is 12.2. The minimum absolute atomic E-state index is 0.0240. The highest BCUT2D eigenvalue weighted by molar-refractivity contribution is 8.00. The van der Waals surface area contributed by atoms with Crippen molar-refractivity contribution in [1.82, 2.24) is 24.6 Å². The van der Waals surface area contributed by atoms with E-state index in [4.69, 9.17) is 4.74 Å². The number of hydrogen-bond donors (Lipinski definition) is 1. The second kappa shape index (κ2) is 8.03. The third-order valence-electron chi connectivity index (χ3n) is 4.39. The molecule has 3 aromatic rings. The second-order valence-corrected chi connectivity index (χ2v) is 7.08. The average molecular weight is 371 g/mol. The first-order chi connectivity index (χ1) is 12.8. The summed E-state index contributed by atoms with van der Waals surface area (Å²) >= 11 is 1.45. The zero-order chi connectivity index (χ0) is 17.8. The topological polar surface area (TPSA) is 71.8 Å². The van der Waals surface area contributed by atoms with Gasteiger partial charge in [-0.25, -0.2) is 9.97 Å². The van der Waals surface area contributed by atoms with Crippen LogP contribution in [0, 0.1) is 0 Å². The summed E-state index contributed by atoms with van der Waals surface area (Å²) < 4.78 is 7.39. The van der Waals surface area contributed by atoms with Gasteiger partial charge in [0.05, 0.1) is 30.0 Å². The largest absolute Gasteiger partial charge is 0.379 e. The van der Waals surface area contributed by atoms with Gasteiger partial charge in [-0.15, -0.1) is 0 Å². The van der Waals surface area contributed by atoms with Crippen LogP contribution in [0.3, 0.4) is 0 Å². The quantitative estimate of drug-likeness (QED) is 0.661. The molecule has 136 valence electrons. The zero-order valence-electron chi connectivity index (χ0n) is 14.4. The highest BCUT2D eigenvalue weighted by Gasteiger charge is 2.12. The molecule has 0 saturated carbocycles. The summed E-state index contributed by atoms with van der Waals surface area (Å²) in [5.74, 6) is 0.367. The van der Waals surface area contributed by atoms with Gasteiger partial charge < -0.3 is 14.5 Å². The minimum Gasteiger partial charge on any atom is -0.379 e. The number of carbonyl (C=O) groups is 1. The molecule has 0 atom stereocenters. The lowest BCUT2D eigenvalue weighted by Gasteiger charge is -2.26. The molecule has 1 saturated heterocycles. The summed E-state index contributed by atoms with van der Waals surface area (Å²) in [7, 11) is 0. The molecule has 4 heterocycles. The molecule has 3 aromatic heterocycles. The fourth-order valence-electron chi connectivity index (χ4n) is 3.05. The molecule has 7 nitrogen and oxygen atoms in total. The Bertz CT molecular complexity index is 907. The molecule has 1 aliphatic rings. The van der Waals surface area contributed by atoms with Crippen molar-refractivity contribution in [1.29, 1.82) is 0 Å². The number of thioether (sulfide) groups is 1. The zero-order valence-corrected chi connectivity index (χ0v) is 15.2.